The van der Waals surface area contributed by atoms with E-state index in [-0.39, 0.29) is 18.9 Å². The van der Waals surface area contributed by atoms with E-state index in [9.17, 15) is 8.78 Å². The molecule has 3 rings (SSSR count). The molecule has 2 aliphatic rings. The fourth-order valence-corrected chi connectivity index (χ4v) is 2.45. The average molecular weight is 252 g/mol. The Morgan fingerprint density at radius 1 is 1.44 bits per heavy atom. The van der Waals surface area contributed by atoms with Gasteiger partial charge < -0.3 is 4.90 Å². The van der Waals surface area contributed by atoms with E-state index < -0.39 is 17.8 Å². The lowest BCUT2D eigenvalue weighted by atomic mass is 10.4. The molecule has 0 aromatic carbocycles. The molecule has 1 aliphatic carbocycles. The molecule has 1 aromatic heterocycles. The number of nitrogens with zero attached hydrogens (tertiary/aromatic N) is 6. The van der Waals surface area contributed by atoms with Crippen molar-refractivity contribution in [3.05, 3.63) is 22.2 Å². The summed E-state index contributed by atoms with van der Waals surface area (Å²) in [5.74, 6) is -3.10. The molecule has 2 atom stereocenters. The van der Waals surface area contributed by atoms with Gasteiger partial charge >= 0.3 is 0 Å². The average Bonchev–Trinajstić information content (AvgIpc) is 2.69. The zero-order chi connectivity index (χ0) is 12.9. The van der Waals surface area contributed by atoms with Gasteiger partial charge in [0.1, 0.15) is 5.82 Å². The molecule has 1 saturated carbocycles. The number of aryl methyl sites for hydroxylation is 1. The van der Waals surface area contributed by atoms with Crippen molar-refractivity contribution in [2.24, 2.45) is 17.0 Å². The molecule has 0 bridgehead atoms. The van der Waals surface area contributed by atoms with Gasteiger partial charge in [-0.3, -0.25) is 0 Å². The smallest absolute Gasteiger partial charge is 0.258 e. The summed E-state index contributed by atoms with van der Waals surface area (Å²) in [5.41, 5.74) is 9.02. The van der Waals surface area contributed by atoms with Crippen LogP contribution in [0, 0.1) is 18.8 Å². The number of aromatic nitrogens is 2. The quantitative estimate of drug-likeness (QED) is 0.460. The largest absolute Gasteiger partial charge is 0.340 e. The first-order valence-corrected chi connectivity index (χ1v) is 5.56. The molecule has 0 N–H and O–H groups in total. The van der Waals surface area contributed by atoms with E-state index in [0.29, 0.717) is 11.6 Å². The number of hydrogen-bond donors (Lipinski definition) is 0. The van der Waals surface area contributed by atoms with Gasteiger partial charge in [-0.1, -0.05) is 0 Å². The molecule has 2 unspecified atom stereocenters. The Kier molecular flexibility index (Phi) is 2.18. The van der Waals surface area contributed by atoms with Crippen molar-refractivity contribution >= 4 is 11.8 Å². The maximum atomic E-state index is 13.1. The molecule has 1 aliphatic heterocycles. The van der Waals surface area contributed by atoms with E-state index in [0.717, 1.165) is 0 Å². The number of rotatable bonds is 2. The molecule has 8 heteroatoms. The summed E-state index contributed by atoms with van der Waals surface area (Å²) in [6.45, 7) is 2.26. The van der Waals surface area contributed by atoms with E-state index in [1.807, 2.05) is 0 Å². The van der Waals surface area contributed by atoms with E-state index in [4.69, 9.17) is 5.53 Å². The lowest BCUT2D eigenvalue weighted by molar-refractivity contribution is 0.0796. The van der Waals surface area contributed by atoms with E-state index in [2.05, 4.69) is 20.0 Å². The number of azide groups is 1. The van der Waals surface area contributed by atoms with Crippen molar-refractivity contribution in [2.45, 2.75) is 12.8 Å². The van der Waals surface area contributed by atoms with Crippen molar-refractivity contribution in [1.29, 1.82) is 0 Å². The fourth-order valence-electron chi connectivity index (χ4n) is 2.45. The molecule has 6 nitrogen and oxygen atoms in total. The van der Waals surface area contributed by atoms with Crippen LogP contribution in [0.3, 0.4) is 0 Å². The van der Waals surface area contributed by atoms with Gasteiger partial charge in [0.2, 0.25) is 5.95 Å². The second kappa shape index (κ2) is 3.52. The van der Waals surface area contributed by atoms with Gasteiger partial charge in [-0.05, 0) is 23.6 Å². The van der Waals surface area contributed by atoms with Gasteiger partial charge in [0.25, 0.3) is 5.92 Å². The van der Waals surface area contributed by atoms with Crippen molar-refractivity contribution in [2.75, 3.05) is 18.0 Å². The first-order valence-electron chi connectivity index (χ1n) is 5.56. The van der Waals surface area contributed by atoms with Crippen molar-refractivity contribution in [3.63, 3.8) is 0 Å². The first-order chi connectivity index (χ1) is 8.52. The maximum Gasteiger partial charge on any atom is 0.258 e. The van der Waals surface area contributed by atoms with Gasteiger partial charge in [-0.15, -0.1) is 0 Å². The summed E-state index contributed by atoms with van der Waals surface area (Å²) in [5, 5.41) is 3.41. The number of piperidine rings is 1. The standard InChI is InChI=1S/C10H10F2N6/c1-5-2-8(16-17-13)15-9(14-5)18-3-6-7(4-18)10(6,11)12/h2,6-7H,3-4H2,1H3. The molecule has 94 valence electrons. The molecule has 1 aromatic rings. The Hall–Kier alpha value is -1.95. The third kappa shape index (κ3) is 1.57. The van der Waals surface area contributed by atoms with Gasteiger partial charge in [-0.2, -0.15) is 0 Å². The summed E-state index contributed by atoms with van der Waals surface area (Å²) < 4.78 is 26.2. The fraction of sp³-hybridized carbons (Fsp3) is 0.600. The van der Waals surface area contributed by atoms with Crippen LogP contribution in [0.5, 0.6) is 0 Å². The third-order valence-electron chi connectivity index (χ3n) is 3.46. The molecule has 0 spiro atoms. The van der Waals surface area contributed by atoms with Crippen LogP contribution in [0.15, 0.2) is 11.2 Å². The van der Waals surface area contributed by atoms with Crippen LogP contribution in [0.4, 0.5) is 20.5 Å². The highest BCUT2D eigenvalue weighted by atomic mass is 19.3. The van der Waals surface area contributed by atoms with Gasteiger partial charge in [0.05, 0.1) is 11.8 Å². The number of halogens is 2. The second-order valence-corrected chi connectivity index (χ2v) is 4.65. The number of hydrogen-bond acceptors (Lipinski definition) is 4. The Morgan fingerprint density at radius 2 is 2.11 bits per heavy atom. The van der Waals surface area contributed by atoms with Crippen molar-refractivity contribution < 1.29 is 8.78 Å². The van der Waals surface area contributed by atoms with Gasteiger partial charge in [0, 0.05) is 23.7 Å². The maximum absolute atomic E-state index is 13.1. The summed E-state index contributed by atoms with van der Waals surface area (Å²) in [4.78, 5) is 12.6. The minimum atomic E-state index is -2.52. The lowest BCUT2D eigenvalue weighted by Crippen LogP contribution is -2.29. The zero-order valence-electron chi connectivity index (χ0n) is 9.59. The highest BCUT2D eigenvalue weighted by Crippen LogP contribution is 2.59. The monoisotopic (exact) mass is 252 g/mol. The molecular weight excluding hydrogens is 242 g/mol. The van der Waals surface area contributed by atoms with Gasteiger partial charge in [0.15, 0.2) is 0 Å². The van der Waals surface area contributed by atoms with Gasteiger partial charge in [-0.25, -0.2) is 18.7 Å². The van der Waals surface area contributed by atoms with Crippen LogP contribution < -0.4 is 4.90 Å². The number of fused-ring (bicyclic) bond motifs is 1. The van der Waals surface area contributed by atoms with Crippen molar-refractivity contribution in [3.8, 4) is 0 Å². The summed E-state index contributed by atoms with van der Waals surface area (Å²) in [6.07, 6.45) is 0. The Balaban J connectivity index is 1.84. The predicted molar refractivity (Wildman–Crippen MR) is 59.7 cm³/mol. The first kappa shape index (κ1) is 11.2. The normalized spacial score (nSPS) is 27.6. The van der Waals surface area contributed by atoms with Crippen LogP contribution in [-0.2, 0) is 0 Å². The summed E-state index contributed by atoms with van der Waals surface area (Å²) in [7, 11) is 0. The Bertz CT molecular complexity index is 539. The molecule has 2 fully saturated rings. The molecular formula is C10H10F2N6. The SMILES string of the molecule is Cc1cc(N=[N+]=[N-])nc(N2CC3C(C2)C3(F)F)n1. The van der Waals surface area contributed by atoms with Crippen molar-refractivity contribution in [1.82, 2.24) is 9.97 Å². The molecule has 0 amide bonds. The highest BCUT2D eigenvalue weighted by Gasteiger charge is 2.71. The topological polar surface area (TPSA) is 77.8 Å². The minimum absolute atomic E-state index is 0.215. The van der Waals surface area contributed by atoms with E-state index >= 15 is 0 Å². The molecule has 18 heavy (non-hydrogen) atoms. The van der Waals surface area contributed by atoms with Crippen LogP contribution in [0.2, 0.25) is 0 Å². The van der Waals surface area contributed by atoms with E-state index in [1.165, 1.54) is 0 Å². The Labute approximate surface area is 101 Å². The molecule has 1 saturated heterocycles. The number of alkyl halides is 2. The minimum Gasteiger partial charge on any atom is -0.340 e. The third-order valence-corrected chi connectivity index (χ3v) is 3.46. The number of anilines is 1. The lowest BCUT2D eigenvalue weighted by Gasteiger charge is -2.20. The summed E-state index contributed by atoms with van der Waals surface area (Å²) >= 11 is 0. The second-order valence-electron chi connectivity index (χ2n) is 4.65. The van der Waals surface area contributed by atoms with Crippen LogP contribution in [0.25, 0.3) is 10.4 Å². The highest BCUT2D eigenvalue weighted by molar-refractivity contribution is 5.43. The molecule has 2 heterocycles. The summed E-state index contributed by atoms with van der Waals surface area (Å²) in [6, 6.07) is 1.55. The Morgan fingerprint density at radius 3 is 2.72 bits per heavy atom. The van der Waals surface area contributed by atoms with E-state index in [1.54, 1.807) is 17.9 Å². The van der Waals surface area contributed by atoms with Crippen LogP contribution in [-0.4, -0.2) is 29.0 Å². The molecule has 0 radical (unpaired) electrons. The predicted octanol–water partition coefficient (Wildman–Crippen LogP) is 2.43. The van der Waals surface area contributed by atoms with Crippen LogP contribution in [0.1, 0.15) is 5.69 Å². The zero-order valence-corrected chi connectivity index (χ0v) is 9.59. The van der Waals surface area contributed by atoms with Crippen LogP contribution >= 0.6 is 0 Å².